The number of ether oxygens (including phenoxy) is 2. The number of nitrogens with one attached hydrogen (secondary N) is 1. The Kier molecular flexibility index (Phi) is 6.88. The van der Waals surface area contributed by atoms with Crippen LogP contribution in [0.25, 0.3) is 11.3 Å². The highest BCUT2D eigenvalue weighted by molar-refractivity contribution is 7.14. The second-order valence-corrected chi connectivity index (χ2v) is 7.80. The Bertz CT molecular complexity index is 988. The molecule has 152 valence electrons. The van der Waals surface area contributed by atoms with Gasteiger partial charge in [0.2, 0.25) is 5.13 Å². The van der Waals surface area contributed by atoms with E-state index >= 15 is 0 Å². The van der Waals surface area contributed by atoms with E-state index in [0.717, 1.165) is 28.6 Å². The van der Waals surface area contributed by atoms with Crippen molar-refractivity contribution >= 4 is 22.7 Å². The predicted octanol–water partition coefficient (Wildman–Crippen LogP) is 5.98. The summed E-state index contributed by atoms with van der Waals surface area (Å²) in [6.07, 6.45) is 2.70. The van der Waals surface area contributed by atoms with Gasteiger partial charge in [0.25, 0.3) is 0 Å². The second kappa shape index (κ2) is 9.56. The Morgan fingerprint density at radius 3 is 2.55 bits per heavy atom. The first-order chi connectivity index (χ1) is 14.0. The number of anilines is 1. The van der Waals surface area contributed by atoms with E-state index in [2.05, 4.69) is 55.7 Å². The summed E-state index contributed by atoms with van der Waals surface area (Å²) in [4.78, 5) is 4.69. The average Bonchev–Trinajstić information content (AvgIpc) is 3.14. The topological polar surface area (TPSA) is 55.7 Å². The van der Waals surface area contributed by atoms with Crippen LogP contribution in [0.1, 0.15) is 35.6 Å². The molecular weight excluding hydrogens is 382 g/mol. The highest BCUT2D eigenvalue weighted by Crippen LogP contribution is 2.31. The molecule has 0 saturated heterocycles. The van der Waals surface area contributed by atoms with Crippen LogP contribution in [-0.2, 0) is 0 Å². The summed E-state index contributed by atoms with van der Waals surface area (Å²) in [7, 11) is 1.64. The maximum Gasteiger partial charge on any atom is 0.203 e. The number of aryl methyl sites for hydroxylation is 3. The summed E-state index contributed by atoms with van der Waals surface area (Å²) in [5.41, 5.74) is 9.85. The van der Waals surface area contributed by atoms with Gasteiger partial charge >= 0.3 is 0 Å². The standard InChI is InChI=1S/C23H27N3O2S/c1-6-9-28-20-8-7-18(12-21(20)27-5)13-24-26-23-25-19(14-29-23)22-16(3)10-15(2)11-17(22)4/h7-8,10-14H,6,9H2,1-5H3,(H,25,26)/b24-13-. The SMILES string of the molecule is CCCOc1ccc(/C=N\Nc2nc(-c3c(C)cc(C)cc3C)cs2)cc1OC. The largest absolute Gasteiger partial charge is 0.493 e. The van der Waals surface area contributed by atoms with Crippen molar-refractivity contribution in [3.8, 4) is 22.8 Å². The maximum atomic E-state index is 5.68. The molecule has 0 amide bonds. The van der Waals surface area contributed by atoms with Crippen LogP contribution in [0.4, 0.5) is 5.13 Å². The quantitative estimate of drug-likeness (QED) is 0.367. The third-order valence-electron chi connectivity index (χ3n) is 4.46. The van der Waals surface area contributed by atoms with Gasteiger partial charge in [-0.25, -0.2) is 4.98 Å². The van der Waals surface area contributed by atoms with Gasteiger partial charge < -0.3 is 9.47 Å². The van der Waals surface area contributed by atoms with Crippen molar-refractivity contribution in [1.82, 2.24) is 4.98 Å². The monoisotopic (exact) mass is 409 g/mol. The molecular formula is C23H27N3O2S. The molecule has 1 heterocycles. The molecule has 0 atom stereocenters. The number of benzene rings is 2. The molecule has 0 spiro atoms. The zero-order valence-electron chi connectivity index (χ0n) is 17.6. The predicted molar refractivity (Wildman–Crippen MR) is 122 cm³/mol. The van der Waals surface area contributed by atoms with Gasteiger partial charge in [-0.15, -0.1) is 11.3 Å². The molecule has 5 nitrogen and oxygen atoms in total. The Morgan fingerprint density at radius 2 is 1.86 bits per heavy atom. The van der Waals surface area contributed by atoms with Crippen LogP contribution in [0, 0.1) is 20.8 Å². The maximum absolute atomic E-state index is 5.68. The van der Waals surface area contributed by atoms with E-state index in [4.69, 9.17) is 14.5 Å². The molecule has 0 saturated carbocycles. The number of nitrogens with zero attached hydrogens (tertiary/aromatic N) is 2. The van der Waals surface area contributed by atoms with E-state index in [0.29, 0.717) is 12.4 Å². The minimum absolute atomic E-state index is 0.664. The second-order valence-electron chi connectivity index (χ2n) is 6.94. The number of hydrogen-bond donors (Lipinski definition) is 1. The smallest absolute Gasteiger partial charge is 0.203 e. The minimum Gasteiger partial charge on any atom is -0.493 e. The zero-order valence-corrected chi connectivity index (χ0v) is 18.4. The van der Waals surface area contributed by atoms with Crippen molar-refractivity contribution < 1.29 is 9.47 Å². The van der Waals surface area contributed by atoms with Crippen molar-refractivity contribution in [3.05, 3.63) is 58.0 Å². The molecule has 0 unspecified atom stereocenters. The van der Waals surface area contributed by atoms with Crippen LogP contribution in [-0.4, -0.2) is 24.9 Å². The van der Waals surface area contributed by atoms with Crippen LogP contribution in [0.5, 0.6) is 11.5 Å². The number of rotatable bonds is 8. The molecule has 2 aromatic carbocycles. The van der Waals surface area contributed by atoms with E-state index in [9.17, 15) is 0 Å². The normalized spacial score (nSPS) is 11.1. The fourth-order valence-electron chi connectivity index (χ4n) is 3.28. The van der Waals surface area contributed by atoms with Crippen LogP contribution in [0.3, 0.4) is 0 Å². The van der Waals surface area contributed by atoms with Gasteiger partial charge in [0, 0.05) is 10.9 Å². The van der Waals surface area contributed by atoms with Crippen molar-refractivity contribution in [3.63, 3.8) is 0 Å². The molecule has 3 aromatic rings. The Balaban J connectivity index is 1.71. The summed E-state index contributed by atoms with van der Waals surface area (Å²) >= 11 is 1.54. The molecule has 29 heavy (non-hydrogen) atoms. The first-order valence-corrected chi connectivity index (χ1v) is 10.5. The number of thiazole rings is 1. The third-order valence-corrected chi connectivity index (χ3v) is 5.21. The highest BCUT2D eigenvalue weighted by Gasteiger charge is 2.10. The van der Waals surface area contributed by atoms with Crippen LogP contribution in [0.2, 0.25) is 0 Å². The zero-order chi connectivity index (χ0) is 20.8. The van der Waals surface area contributed by atoms with Crippen molar-refractivity contribution in [2.75, 3.05) is 19.1 Å². The molecule has 0 radical (unpaired) electrons. The number of hydrazone groups is 1. The van der Waals surface area contributed by atoms with Gasteiger partial charge in [-0.05, 0) is 62.1 Å². The average molecular weight is 410 g/mol. The molecule has 0 aliphatic heterocycles. The molecule has 3 rings (SSSR count). The fourth-order valence-corrected chi connectivity index (χ4v) is 3.93. The lowest BCUT2D eigenvalue weighted by atomic mass is 9.98. The first kappa shape index (κ1) is 20.9. The molecule has 0 aliphatic rings. The fraction of sp³-hybridized carbons (Fsp3) is 0.304. The molecule has 1 aromatic heterocycles. The van der Waals surface area contributed by atoms with Crippen molar-refractivity contribution in [2.24, 2.45) is 5.10 Å². The molecule has 0 fully saturated rings. The number of aromatic nitrogens is 1. The number of hydrogen-bond acceptors (Lipinski definition) is 6. The van der Waals surface area contributed by atoms with Crippen LogP contribution in [0.15, 0.2) is 40.8 Å². The van der Waals surface area contributed by atoms with Gasteiger partial charge in [0.05, 0.1) is 25.6 Å². The van der Waals surface area contributed by atoms with E-state index in [1.807, 2.05) is 18.2 Å². The molecule has 1 N–H and O–H groups in total. The van der Waals surface area contributed by atoms with Crippen LogP contribution >= 0.6 is 11.3 Å². The summed E-state index contributed by atoms with van der Waals surface area (Å²) in [6, 6.07) is 10.1. The third kappa shape index (κ3) is 5.15. The molecule has 0 bridgehead atoms. The molecule has 0 aliphatic carbocycles. The Labute approximate surface area is 176 Å². The van der Waals surface area contributed by atoms with Gasteiger partial charge in [-0.1, -0.05) is 24.6 Å². The summed E-state index contributed by atoms with van der Waals surface area (Å²) in [6.45, 7) is 9.11. The lowest BCUT2D eigenvalue weighted by Crippen LogP contribution is -1.98. The molecule has 6 heteroatoms. The van der Waals surface area contributed by atoms with Gasteiger partial charge in [0.1, 0.15) is 0 Å². The van der Waals surface area contributed by atoms with Crippen LogP contribution < -0.4 is 14.9 Å². The van der Waals surface area contributed by atoms with Gasteiger partial charge in [0.15, 0.2) is 11.5 Å². The van der Waals surface area contributed by atoms with Crippen molar-refractivity contribution in [1.29, 1.82) is 0 Å². The van der Waals surface area contributed by atoms with E-state index in [1.165, 1.54) is 33.6 Å². The lowest BCUT2D eigenvalue weighted by molar-refractivity contribution is 0.294. The van der Waals surface area contributed by atoms with Gasteiger partial charge in [-0.2, -0.15) is 5.10 Å². The van der Waals surface area contributed by atoms with E-state index < -0.39 is 0 Å². The Hall–Kier alpha value is -2.86. The summed E-state index contributed by atoms with van der Waals surface area (Å²) < 4.78 is 11.1. The Morgan fingerprint density at radius 1 is 1.10 bits per heavy atom. The minimum atomic E-state index is 0.664. The van der Waals surface area contributed by atoms with Crippen molar-refractivity contribution in [2.45, 2.75) is 34.1 Å². The first-order valence-electron chi connectivity index (χ1n) is 9.65. The van der Waals surface area contributed by atoms with E-state index in [-0.39, 0.29) is 0 Å². The lowest BCUT2D eigenvalue weighted by Gasteiger charge is -2.10. The van der Waals surface area contributed by atoms with E-state index in [1.54, 1.807) is 13.3 Å². The van der Waals surface area contributed by atoms with Gasteiger partial charge in [-0.3, -0.25) is 5.43 Å². The highest BCUT2D eigenvalue weighted by atomic mass is 32.1. The summed E-state index contributed by atoms with van der Waals surface area (Å²) in [5.74, 6) is 1.44. The number of methoxy groups -OCH3 is 1. The summed E-state index contributed by atoms with van der Waals surface area (Å²) in [5, 5.41) is 7.14.